The van der Waals surface area contributed by atoms with Gasteiger partial charge in [-0.15, -0.1) is 0 Å². The van der Waals surface area contributed by atoms with Crippen LogP contribution in [0, 0.1) is 0 Å². The molecule has 1 aromatic rings. The summed E-state index contributed by atoms with van der Waals surface area (Å²) < 4.78 is 5.67. The Morgan fingerprint density at radius 2 is 1.76 bits per heavy atom. The molecule has 0 spiro atoms. The zero-order chi connectivity index (χ0) is 18.0. The van der Waals surface area contributed by atoms with Crippen molar-refractivity contribution in [2.75, 3.05) is 6.61 Å². The number of unbranched alkanes of at least 4 members (excludes halogenated alkanes) is 4. The van der Waals surface area contributed by atoms with Gasteiger partial charge in [0.25, 0.3) is 0 Å². The minimum Gasteiger partial charge on any atom is -0.389 e. The lowest BCUT2D eigenvalue weighted by atomic mass is 10.1. The van der Waals surface area contributed by atoms with Crippen LogP contribution in [0.5, 0.6) is 0 Å². The fourth-order valence-electron chi connectivity index (χ4n) is 2.43. The van der Waals surface area contributed by atoms with E-state index in [2.05, 4.69) is 31.2 Å². The van der Waals surface area contributed by atoms with E-state index in [9.17, 15) is 5.11 Å². The standard InChI is InChI=1S/C23H34O2/c1-2-3-11-18-23(24)19-14-8-6-4-5-7-9-15-20-25-21-22-16-12-10-13-17-22/h4-6,8,10,12-14,16-17,19,23-24H,2-3,7,9,11,15,18,20-21H2,1H3/b5-4+,8-6+,19-14+. The van der Waals surface area contributed by atoms with Crippen LogP contribution in [0.15, 0.2) is 66.8 Å². The summed E-state index contributed by atoms with van der Waals surface area (Å²) in [6.07, 6.45) is 19.4. The lowest BCUT2D eigenvalue weighted by Gasteiger charge is -2.03. The zero-order valence-corrected chi connectivity index (χ0v) is 15.6. The van der Waals surface area contributed by atoms with E-state index in [1.807, 2.05) is 42.5 Å². The van der Waals surface area contributed by atoms with Crippen molar-refractivity contribution in [1.29, 1.82) is 0 Å². The van der Waals surface area contributed by atoms with Crippen molar-refractivity contribution in [2.45, 2.75) is 64.6 Å². The summed E-state index contributed by atoms with van der Waals surface area (Å²) in [7, 11) is 0. The SMILES string of the molecule is CCCCCC(O)/C=C/C=C/C=C/CCCCOCc1ccccc1. The maximum Gasteiger partial charge on any atom is 0.0723 e. The lowest BCUT2D eigenvalue weighted by molar-refractivity contribution is 0.117. The third kappa shape index (κ3) is 13.3. The Balaban J connectivity index is 1.95. The lowest BCUT2D eigenvalue weighted by Crippen LogP contribution is -2.00. The molecule has 0 aliphatic heterocycles. The fraction of sp³-hybridized carbons (Fsp3) is 0.478. The van der Waals surface area contributed by atoms with Crippen molar-refractivity contribution < 1.29 is 9.84 Å². The Morgan fingerprint density at radius 1 is 0.960 bits per heavy atom. The van der Waals surface area contributed by atoms with Gasteiger partial charge < -0.3 is 9.84 Å². The molecular formula is C23H34O2. The fourth-order valence-corrected chi connectivity index (χ4v) is 2.43. The zero-order valence-electron chi connectivity index (χ0n) is 15.6. The highest BCUT2D eigenvalue weighted by Gasteiger charge is 1.96. The molecule has 0 heterocycles. The largest absolute Gasteiger partial charge is 0.389 e. The number of hydrogen-bond donors (Lipinski definition) is 1. The first-order chi connectivity index (χ1) is 12.3. The van der Waals surface area contributed by atoms with E-state index in [1.165, 1.54) is 18.4 Å². The van der Waals surface area contributed by atoms with E-state index in [4.69, 9.17) is 4.74 Å². The van der Waals surface area contributed by atoms with Crippen LogP contribution in [-0.4, -0.2) is 17.8 Å². The smallest absolute Gasteiger partial charge is 0.0723 e. The Hall–Kier alpha value is -1.64. The molecule has 1 rings (SSSR count). The second kappa shape index (κ2) is 15.9. The van der Waals surface area contributed by atoms with Crippen LogP contribution in [0.3, 0.4) is 0 Å². The third-order valence-electron chi connectivity index (χ3n) is 3.93. The maximum absolute atomic E-state index is 9.74. The van der Waals surface area contributed by atoms with Crippen LogP contribution in [-0.2, 0) is 11.3 Å². The molecule has 0 aliphatic carbocycles. The minimum atomic E-state index is -0.309. The van der Waals surface area contributed by atoms with Gasteiger partial charge in [0.15, 0.2) is 0 Å². The van der Waals surface area contributed by atoms with E-state index in [-0.39, 0.29) is 6.10 Å². The van der Waals surface area contributed by atoms with Crippen molar-refractivity contribution in [1.82, 2.24) is 0 Å². The van der Waals surface area contributed by atoms with Crippen LogP contribution in [0.4, 0.5) is 0 Å². The highest BCUT2D eigenvalue weighted by Crippen LogP contribution is 2.05. The first kappa shape index (κ1) is 21.4. The number of hydrogen-bond acceptors (Lipinski definition) is 2. The van der Waals surface area contributed by atoms with Gasteiger partial charge in [-0.25, -0.2) is 0 Å². The molecule has 0 bridgehead atoms. The monoisotopic (exact) mass is 342 g/mol. The van der Waals surface area contributed by atoms with Crippen LogP contribution in [0.25, 0.3) is 0 Å². The van der Waals surface area contributed by atoms with Gasteiger partial charge in [-0.2, -0.15) is 0 Å². The molecule has 0 radical (unpaired) electrons. The topological polar surface area (TPSA) is 29.5 Å². The average molecular weight is 343 g/mol. The summed E-state index contributed by atoms with van der Waals surface area (Å²) in [5, 5.41) is 9.74. The molecule has 0 amide bonds. The minimum absolute atomic E-state index is 0.309. The molecule has 0 fully saturated rings. The summed E-state index contributed by atoms with van der Waals surface area (Å²) in [6.45, 7) is 3.70. The molecule has 1 aromatic carbocycles. The molecule has 1 atom stereocenters. The van der Waals surface area contributed by atoms with Gasteiger partial charge in [-0.1, -0.05) is 93.0 Å². The summed E-state index contributed by atoms with van der Waals surface area (Å²) in [6, 6.07) is 10.3. The molecule has 2 nitrogen and oxygen atoms in total. The van der Waals surface area contributed by atoms with Crippen LogP contribution in [0.1, 0.15) is 57.4 Å². The molecular weight excluding hydrogens is 308 g/mol. The Morgan fingerprint density at radius 3 is 2.56 bits per heavy atom. The number of ether oxygens (including phenoxy) is 1. The Bertz CT molecular complexity index is 488. The molecule has 0 aliphatic rings. The molecule has 0 aromatic heterocycles. The third-order valence-corrected chi connectivity index (χ3v) is 3.93. The van der Waals surface area contributed by atoms with Crippen LogP contribution in [0.2, 0.25) is 0 Å². The Labute approximate surface area is 153 Å². The second-order valence-corrected chi connectivity index (χ2v) is 6.30. The van der Waals surface area contributed by atoms with Gasteiger partial charge in [0.05, 0.1) is 12.7 Å². The number of aliphatic hydroxyl groups excluding tert-OH is 1. The van der Waals surface area contributed by atoms with Crippen molar-refractivity contribution >= 4 is 0 Å². The molecule has 0 saturated carbocycles. The number of rotatable bonds is 14. The Kier molecular flexibility index (Phi) is 13.6. The molecule has 25 heavy (non-hydrogen) atoms. The highest BCUT2D eigenvalue weighted by molar-refractivity contribution is 5.13. The van der Waals surface area contributed by atoms with Crippen molar-refractivity contribution in [3.05, 3.63) is 72.4 Å². The van der Waals surface area contributed by atoms with Gasteiger partial charge in [0.1, 0.15) is 0 Å². The number of benzene rings is 1. The molecule has 1 N–H and O–H groups in total. The number of aliphatic hydroxyl groups is 1. The summed E-state index contributed by atoms with van der Waals surface area (Å²) in [4.78, 5) is 0. The normalized spacial score (nSPS) is 13.4. The van der Waals surface area contributed by atoms with Crippen molar-refractivity contribution in [3.8, 4) is 0 Å². The van der Waals surface area contributed by atoms with E-state index < -0.39 is 0 Å². The summed E-state index contributed by atoms with van der Waals surface area (Å²) >= 11 is 0. The molecule has 0 saturated heterocycles. The van der Waals surface area contributed by atoms with Gasteiger partial charge in [0, 0.05) is 6.61 Å². The maximum atomic E-state index is 9.74. The van der Waals surface area contributed by atoms with Crippen molar-refractivity contribution in [2.24, 2.45) is 0 Å². The quantitative estimate of drug-likeness (QED) is 0.333. The van der Waals surface area contributed by atoms with E-state index in [1.54, 1.807) is 0 Å². The first-order valence-electron chi connectivity index (χ1n) is 9.62. The summed E-state index contributed by atoms with van der Waals surface area (Å²) in [5.41, 5.74) is 1.23. The predicted molar refractivity (Wildman–Crippen MR) is 108 cm³/mol. The van der Waals surface area contributed by atoms with Crippen LogP contribution < -0.4 is 0 Å². The second-order valence-electron chi connectivity index (χ2n) is 6.30. The van der Waals surface area contributed by atoms with E-state index in [0.717, 1.165) is 38.7 Å². The van der Waals surface area contributed by atoms with Crippen LogP contribution >= 0.6 is 0 Å². The van der Waals surface area contributed by atoms with Gasteiger partial charge in [-0.3, -0.25) is 0 Å². The average Bonchev–Trinajstić information content (AvgIpc) is 2.63. The van der Waals surface area contributed by atoms with Gasteiger partial charge in [0.2, 0.25) is 0 Å². The van der Waals surface area contributed by atoms with Gasteiger partial charge >= 0.3 is 0 Å². The molecule has 1 unspecified atom stereocenters. The van der Waals surface area contributed by atoms with Crippen molar-refractivity contribution in [3.63, 3.8) is 0 Å². The summed E-state index contributed by atoms with van der Waals surface area (Å²) in [5.74, 6) is 0. The van der Waals surface area contributed by atoms with E-state index >= 15 is 0 Å². The first-order valence-corrected chi connectivity index (χ1v) is 9.62. The predicted octanol–water partition coefficient (Wildman–Crippen LogP) is 5.98. The van der Waals surface area contributed by atoms with E-state index in [0.29, 0.717) is 6.61 Å². The van der Waals surface area contributed by atoms with Gasteiger partial charge in [-0.05, 0) is 31.2 Å². The number of allylic oxidation sites excluding steroid dienone is 5. The highest BCUT2D eigenvalue weighted by atomic mass is 16.5. The molecule has 138 valence electrons. The molecule has 2 heteroatoms.